The van der Waals surface area contributed by atoms with Gasteiger partial charge in [-0.3, -0.25) is 9.69 Å². The maximum absolute atomic E-state index is 13.9. The number of hydrogen-bond donors (Lipinski definition) is 2. The summed E-state index contributed by atoms with van der Waals surface area (Å²) in [5.41, 5.74) is 6.69. The number of halogens is 1. The Hall–Kier alpha value is -1.66. The lowest BCUT2D eigenvalue weighted by Gasteiger charge is -2.34. The molecule has 2 rings (SSSR count). The first kappa shape index (κ1) is 15.7. The molecular formula is C15H22FN3O2. The molecule has 1 amide bonds. The van der Waals surface area contributed by atoms with Crippen LogP contribution in [-0.4, -0.2) is 43.2 Å². The second-order valence-corrected chi connectivity index (χ2v) is 5.16. The van der Waals surface area contributed by atoms with Gasteiger partial charge in [-0.2, -0.15) is 0 Å². The molecule has 1 aliphatic heterocycles. The van der Waals surface area contributed by atoms with E-state index in [0.717, 1.165) is 6.42 Å². The maximum Gasteiger partial charge on any atom is 0.239 e. The van der Waals surface area contributed by atoms with E-state index in [1.54, 1.807) is 12.1 Å². The number of anilines is 1. The van der Waals surface area contributed by atoms with Crippen LogP contribution in [0.2, 0.25) is 0 Å². The summed E-state index contributed by atoms with van der Waals surface area (Å²) >= 11 is 0. The molecule has 3 N–H and O–H groups in total. The summed E-state index contributed by atoms with van der Waals surface area (Å²) in [6.07, 6.45) is 0.875. The number of nitrogens with two attached hydrogens (primary N) is 1. The van der Waals surface area contributed by atoms with Gasteiger partial charge in [0.15, 0.2) is 0 Å². The topological polar surface area (TPSA) is 67.6 Å². The van der Waals surface area contributed by atoms with Gasteiger partial charge in [-0.05, 0) is 18.6 Å². The number of amides is 1. The van der Waals surface area contributed by atoms with Crippen LogP contribution in [0.1, 0.15) is 18.9 Å². The van der Waals surface area contributed by atoms with Gasteiger partial charge in [-0.1, -0.05) is 13.0 Å². The SMILES string of the molecule is CCCNC(=O)C1COCCN1Cc1c(N)cccc1F. The van der Waals surface area contributed by atoms with Crippen molar-refractivity contribution < 1.29 is 13.9 Å². The summed E-state index contributed by atoms with van der Waals surface area (Å²) in [5, 5.41) is 2.86. The average molecular weight is 295 g/mol. The molecule has 0 radical (unpaired) electrons. The Bertz CT molecular complexity index is 476. The van der Waals surface area contributed by atoms with Crippen molar-refractivity contribution in [3.05, 3.63) is 29.6 Å². The van der Waals surface area contributed by atoms with Crippen molar-refractivity contribution in [1.29, 1.82) is 0 Å². The second-order valence-electron chi connectivity index (χ2n) is 5.16. The number of carbonyl (C=O) groups is 1. The number of nitrogen functional groups attached to an aromatic ring is 1. The summed E-state index contributed by atoms with van der Waals surface area (Å²) in [6, 6.07) is 4.24. The maximum atomic E-state index is 13.9. The molecule has 1 aliphatic rings. The van der Waals surface area contributed by atoms with Crippen LogP contribution in [0.25, 0.3) is 0 Å². The van der Waals surface area contributed by atoms with Gasteiger partial charge < -0.3 is 15.8 Å². The largest absolute Gasteiger partial charge is 0.398 e. The molecule has 1 atom stereocenters. The van der Waals surface area contributed by atoms with E-state index in [4.69, 9.17) is 10.5 Å². The van der Waals surface area contributed by atoms with Gasteiger partial charge in [0, 0.05) is 30.9 Å². The summed E-state index contributed by atoms with van der Waals surface area (Å²) in [5.74, 6) is -0.416. The Morgan fingerprint density at radius 3 is 3.10 bits per heavy atom. The van der Waals surface area contributed by atoms with Crippen LogP contribution < -0.4 is 11.1 Å². The lowest BCUT2D eigenvalue weighted by atomic mass is 10.1. The van der Waals surface area contributed by atoms with Crippen LogP contribution in [0.15, 0.2) is 18.2 Å². The number of ether oxygens (including phenoxy) is 1. The lowest BCUT2D eigenvalue weighted by molar-refractivity contribution is -0.133. The van der Waals surface area contributed by atoms with Gasteiger partial charge in [0.2, 0.25) is 5.91 Å². The molecule has 0 saturated carbocycles. The minimum absolute atomic E-state index is 0.0774. The number of nitrogens with one attached hydrogen (secondary N) is 1. The van der Waals surface area contributed by atoms with Crippen LogP contribution in [-0.2, 0) is 16.1 Å². The number of nitrogens with zero attached hydrogens (tertiary/aromatic N) is 1. The van der Waals surface area contributed by atoms with E-state index in [2.05, 4.69) is 5.32 Å². The molecule has 6 heteroatoms. The zero-order chi connectivity index (χ0) is 15.2. The van der Waals surface area contributed by atoms with Crippen LogP contribution in [0.4, 0.5) is 10.1 Å². The molecule has 0 spiro atoms. The van der Waals surface area contributed by atoms with E-state index in [9.17, 15) is 9.18 Å². The number of morpholine rings is 1. The third-order valence-electron chi connectivity index (χ3n) is 3.61. The number of hydrogen-bond acceptors (Lipinski definition) is 4. The van der Waals surface area contributed by atoms with E-state index in [-0.39, 0.29) is 11.7 Å². The number of rotatable bonds is 5. The van der Waals surface area contributed by atoms with Gasteiger partial charge in [0.1, 0.15) is 11.9 Å². The molecule has 1 aromatic rings. The molecule has 5 nitrogen and oxygen atoms in total. The molecule has 1 saturated heterocycles. The zero-order valence-corrected chi connectivity index (χ0v) is 12.3. The normalized spacial score (nSPS) is 19.4. The molecule has 1 unspecified atom stereocenters. The highest BCUT2D eigenvalue weighted by molar-refractivity contribution is 5.82. The van der Waals surface area contributed by atoms with Crippen LogP contribution >= 0.6 is 0 Å². The highest BCUT2D eigenvalue weighted by atomic mass is 19.1. The van der Waals surface area contributed by atoms with Crippen molar-refractivity contribution in [2.75, 3.05) is 32.0 Å². The fourth-order valence-electron chi connectivity index (χ4n) is 2.38. The number of carbonyl (C=O) groups excluding carboxylic acids is 1. The third-order valence-corrected chi connectivity index (χ3v) is 3.61. The Morgan fingerprint density at radius 1 is 1.57 bits per heavy atom. The van der Waals surface area contributed by atoms with E-state index >= 15 is 0 Å². The van der Waals surface area contributed by atoms with Gasteiger partial charge in [0.05, 0.1) is 13.2 Å². The zero-order valence-electron chi connectivity index (χ0n) is 12.3. The first-order chi connectivity index (χ1) is 10.1. The third kappa shape index (κ3) is 3.92. The summed E-state index contributed by atoms with van der Waals surface area (Å²) in [6.45, 7) is 4.38. The quantitative estimate of drug-likeness (QED) is 0.799. The molecule has 1 heterocycles. The van der Waals surface area contributed by atoms with Crippen molar-refractivity contribution in [3.63, 3.8) is 0 Å². The van der Waals surface area contributed by atoms with Crippen molar-refractivity contribution in [2.45, 2.75) is 25.9 Å². The van der Waals surface area contributed by atoms with Gasteiger partial charge in [-0.25, -0.2) is 4.39 Å². The average Bonchev–Trinajstić information content (AvgIpc) is 2.49. The highest BCUT2D eigenvalue weighted by Crippen LogP contribution is 2.20. The summed E-state index contributed by atoms with van der Waals surface area (Å²) < 4.78 is 19.3. The minimum atomic E-state index is -0.399. The molecule has 0 aliphatic carbocycles. The van der Waals surface area contributed by atoms with Crippen molar-refractivity contribution >= 4 is 11.6 Å². The molecule has 0 aromatic heterocycles. The minimum Gasteiger partial charge on any atom is -0.398 e. The Morgan fingerprint density at radius 2 is 2.38 bits per heavy atom. The van der Waals surface area contributed by atoms with E-state index in [0.29, 0.717) is 44.1 Å². The van der Waals surface area contributed by atoms with Crippen molar-refractivity contribution in [1.82, 2.24) is 10.2 Å². The molecule has 116 valence electrons. The second kappa shape index (κ2) is 7.38. The molecule has 0 bridgehead atoms. The standard InChI is InChI=1S/C15H22FN3O2/c1-2-6-18-15(20)14-10-21-8-7-19(14)9-11-12(16)4-3-5-13(11)17/h3-5,14H,2,6-10,17H2,1H3,(H,18,20). The van der Waals surface area contributed by atoms with E-state index in [1.807, 2.05) is 11.8 Å². The smallest absolute Gasteiger partial charge is 0.239 e. The fourth-order valence-corrected chi connectivity index (χ4v) is 2.38. The van der Waals surface area contributed by atoms with Crippen molar-refractivity contribution in [2.24, 2.45) is 0 Å². The van der Waals surface area contributed by atoms with Crippen LogP contribution in [0, 0.1) is 5.82 Å². The van der Waals surface area contributed by atoms with Gasteiger partial charge in [0.25, 0.3) is 0 Å². The highest BCUT2D eigenvalue weighted by Gasteiger charge is 2.30. The Kier molecular flexibility index (Phi) is 5.52. The van der Waals surface area contributed by atoms with Crippen LogP contribution in [0.5, 0.6) is 0 Å². The van der Waals surface area contributed by atoms with Crippen molar-refractivity contribution in [3.8, 4) is 0 Å². The summed E-state index contributed by atoms with van der Waals surface area (Å²) in [4.78, 5) is 14.1. The van der Waals surface area contributed by atoms with Gasteiger partial charge >= 0.3 is 0 Å². The Labute approximate surface area is 124 Å². The van der Waals surface area contributed by atoms with E-state index in [1.165, 1.54) is 6.07 Å². The number of benzene rings is 1. The fraction of sp³-hybridized carbons (Fsp3) is 0.533. The summed E-state index contributed by atoms with van der Waals surface area (Å²) in [7, 11) is 0. The molecule has 21 heavy (non-hydrogen) atoms. The lowest BCUT2D eigenvalue weighted by Crippen LogP contribution is -2.53. The monoisotopic (exact) mass is 295 g/mol. The first-order valence-electron chi connectivity index (χ1n) is 7.25. The first-order valence-corrected chi connectivity index (χ1v) is 7.25. The predicted octanol–water partition coefficient (Wildman–Crippen LogP) is 1.13. The predicted molar refractivity (Wildman–Crippen MR) is 79.1 cm³/mol. The molecule has 1 aromatic carbocycles. The molecule has 1 fully saturated rings. The van der Waals surface area contributed by atoms with Crippen LogP contribution in [0.3, 0.4) is 0 Å². The van der Waals surface area contributed by atoms with E-state index < -0.39 is 6.04 Å². The Balaban J connectivity index is 2.10. The van der Waals surface area contributed by atoms with Gasteiger partial charge in [-0.15, -0.1) is 0 Å². The molecular weight excluding hydrogens is 273 g/mol.